The molecule has 48 heavy (non-hydrogen) atoms. The molecule has 0 unspecified atom stereocenters. The Bertz CT molecular complexity index is 1720. The van der Waals surface area contributed by atoms with E-state index in [1.54, 1.807) is 40.6 Å². The van der Waals surface area contributed by atoms with Gasteiger partial charge in [-0.2, -0.15) is 0 Å². The molecule has 0 fully saturated rings. The van der Waals surface area contributed by atoms with Gasteiger partial charge in [-0.25, -0.2) is 4.99 Å². The number of carbonyl (C=O) groups is 1. The van der Waals surface area contributed by atoms with Crippen molar-refractivity contribution in [2.24, 2.45) is 4.99 Å². The highest BCUT2D eigenvalue weighted by atomic mass is 79.9. The number of benzene rings is 4. The second-order valence-electron chi connectivity index (χ2n) is 11.1. The van der Waals surface area contributed by atoms with E-state index in [0.29, 0.717) is 53.2 Å². The Morgan fingerprint density at radius 2 is 1.62 bits per heavy atom. The number of nitrogens with zero attached hydrogens (tertiary/aromatic N) is 1. The van der Waals surface area contributed by atoms with Crippen molar-refractivity contribution >= 4 is 27.7 Å². The lowest BCUT2D eigenvalue weighted by atomic mass is 9.82. The molecule has 2 N–H and O–H groups in total. The SMILES string of the molecule is COc1cccc([C@H]2OC(c3ccc(OCCCO)cc3)=N[C@@]2(Cc2ccccc2Br)C(=O)NCc2cc(OC)c(OC)c(OC)c2)c1. The van der Waals surface area contributed by atoms with Crippen LogP contribution in [-0.4, -0.2) is 64.1 Å². The van der Waals surface area contributed by atoms with Crippen molar-refractivity contribution < 1.29 is 38.3 Å². The molecule has 11 heteroatoms. The van der Waals surface area contributed by atoms with Crippen molar-refractivity contribution in [1.29, 1.82) is 0 Å². The van der Waals surface area contributed by atoms with Crippen LogP contribution < -0.4 is 29.0 Å². The van der Waals surface area contributed by atoms with Gasteiger partial charge in [-0.1, -0.05) is 46.3 Å². The van der Waals surface area contributed by atoms with Crippen LogP contribution in [0.15, 0.2) is 94.4 Å². The second-order valence-corrected chi connectivity index (χ2v) is 11.9. The zero-order valence-electron chi connectivity index (χ0n) is 27.3. The molecular formula is C37H39BrN2O8. The summed E-state index contributed by atoms with van der Waals surface area (Å²) in [6.07, 6.45) is -0.0543. The second kappa shape index (κ2) is 15.9. The molecule has 0 aromatic heterocycles. The number of amides is 1. The predicted molar refractivity (Wildman–Crippen MR) is 186 cm³/mol. The van der Waals surface area contributed by atoms with Crippen LogP contribution in [0.2, 0.25) is 0 Å². The molecule has 10 nitrogen and oxygen atoms in total. The summed E-state index contributed by atoms with van der Waals surface area (Å²) in [6.45, 7) is 0.602. The van der Waals surface area contributed by atoms with E-state index in [2.05, 4.69) is 21.2 Å². The fourth-order valence-electron chi connectivity index (χ4n) is 5.59. The highest BCUT2D eigenvalue weighted by Crippen LogP contribution is 2.44. The molecule has 252 valence electrons. The van der Waals surface area contributed by atoms with Gasteiger partial charge in [-0.3, -0.25) is 4.79 Å². The van der Waals surface area contributed by atoms with E-state index in [-0.39, 0.29) is 25.5 Å². The number of aliphatic hydroxyl groups excluding tert-OH is 1. The van der Waals surface area contributed by atoms with E-state index in [1.165, 1.54) is 0 Å². The van der Waals surface area contributed by atoms with Crippen LogP contribution in [0.1, 0.15) is 34.8 Å². The number of carbonyl (C=O) groups excluding carboxylic acids is 1. The first-order valence-corrected chi connectivity index (χ1v) is 16.2. The van der Waals surface area contributed by atoms with Gasteiger partial charge in [0.05, 0.1) is 35.0 Å². The number of halogens is 1. The molecule has 0 spiro atoms. The van der Waals surface area contributed by atoms with Crippen LogP contribution in [0.3, 0.4) is 0 Å². The lowest BCUT2D eigenvalue weighted by Crippen LogP contribution is -2.49. The summed E-state index contributed by atoms with van der Waals surface area (Å²) in [5.41, 5.74) is 1.61. The quantitative estimate of drug-likeness (QED) is 0.143. The molecule has 0 saturated carbocycles. The Hall–Kier alpha value is -4.74. The van der Waals surface area contributed by atoms with Crippen molar-refractivity contribution in [2.75, 3.05) is 41.7 Å². The Morgan fingerprint density at radius 1 is 0.896 bits per heavy atom. The number of hydrogen-bond acceptors (Lipinski definition) is 9. The third-order valence-corrected chi connectivity index (χ3v) is 8.80. The molecule has 1 aliphatic heterocycles. The van der Waals surface area contributed by atoms with Gasteiger partial charge in [0.15, 0.2) is 23.1 Å². The Morgan fingerprint density at radius 3 is 2.27 bits per heavy atom. The predicted octanol–water partition coefficient (Wildman–Crippen LogP) is 6.06. The molecule has 0 aliphatic carbocycles. The lowest BCUT2D eigenvalue weighted by Gasteiger charge is -2.31. The van der Waals surface area contributed by atoms with Crippen molar-refractivity contribution in [3.8, 4) is 28.7 Å². The van der Waals surface area contributed by atoms with E-state index in [1.807, 2.05) is 72.8 Å². The van der Waals surface area contributed by atoms with E-state index in [0.717, 1.165) is 21.2 Å². The first-order chi connectivity index (χ1) is 23.3. The molecule has 4 aromatic carbocycles. The molecule has 1 aliphatic rings. The Labute approximate surface area is 288 Å². The molecule has 4 aromatic rings. The summed E-state index contributed by atoms with van der Waals surface area (Å²) in [4.78, 5) is 19.9. The van der Waals surface area contributed by atoms with Gasteiger partial charge in [0.25, 0.3) is 5.91 Å². The average molecular weight is 720 g/mol. The largest absolute Gasteiger partial charge is 0.497 e. The van der Waals surface area contributed by atoms with Gasteiger partial charge in [-0.05, 0) is 71.3 Å². The number of rotatable bonds is 15. The maximum atomic E-state index is 14.7. The van der Waals surface area contributed by atoms with E-state index in [9.17, 15) is 4.79 Å². The zero-order valence-corrected chi connectivity index (χ0v) is 28.9. The maximum absolute atomic E-state index is 14.7. The number of ether oxygens (including phenoxy) is 6. The summed E-state index contributed by atoms with van der Waals surface area (Å²) in [7, 11) is 6.23. The molecule has 1 heterocycles. The van der Waals surface area contributed by atoms with Gasteiger partial charge in [0, 0.05) is 36.0 Å². The number of aliphatic hydroxyl groups is 1. The number of nitrogens with one attached hydrogen (secondary N) is 1. The standard InChI is InChI=1S/C37H39BrN2O8/c1-43-29-11-7-10-26(21-29)34-37(22-27-9-5-6-12-30(27)38,40-35(48-34)25-13-15-28(16-14-25)47-18-8-17-41)36(42)39-23-24-19-31(44-2)33(46-4)32(20-24)45-3/h5-7,9-16,19-21,34,41H,8,17-18,22-23H2,1-4H3,(H,39,42)/t34-,37-/m1/s1. The fourth-order valence-corrected chi connectivity index (χ4v) is 6.02. The Balaban J connectivity index is 1.58. The minimum atomic E-state index is -1.43. The van der Waals surface area contributed by atoms with E-state index < -0.39 is 11.6 Å². The monoisotopic (exact) mass is 718 g/mol. The number of methoxy groups -OCH3 is 4. The Kier molecular flexibility index (Phi) is 11.5. The van der Waals surface area contributed by atoms with Crippen molar-refractivity contribution in [3.05, 3.63) is 112 Å². The highest BCUT2D eigenvalue weighted by molar-refractivity contribution is 9.10. The van der Waals surface area contributed by atoms with Crippen LogP contribution in [0.4, 0.5) is 0 Å². The molecule has 5 rings (SSSR count). The third kappa shape index (κ3) is 7.53. The van der Waals surface area contributed by atoms with Crippen LogP contribution in [0.25, 0.3) is 0 Å². The first-order valence-electron chi connectivity index (χ1n) is 15.4. The van der Waals surface area contributed by atoms with Crippen molar-refractivity contribution in [3.63, 3.8) is 0 Å². The highest BCUT2D eigenvalue weighted by Gasteiger charge is 2.53. The minimum absolute atomic E-state index is 0.0512. The van der Waals surface area contributed by atoms with E-state index >= 15 is 0 Å². The van der Waals surface area contributed by atoms with Gasteiger partial charge < -0.3 is 38.8 Å². The molecule has 0 saturated heterocycles. The van der Waals surface area contributed by atoms with Gasteiger partial charge in [-0.15, -0.1) is 0 Å². The summed E-state index contributed by atoms with van der Waals surface area (Å²) in [6, 6.07) is 26.2. The van der Waals surface area contributed by atoms with Crippen LogP contribution in [0, 0.1) is 0 Å². The summed E-state index contributed by atoms with van der Waals surface area (Å²) in [5.74, 6) is 2.68. The molecule has 0 radical (unpaired) electrons. The van der Waals surface area contributed by atoms with Gasteiger partial charge >= 0.3 is 0 Å². The number of hydrogen-bond donors (Lipinski definition) is 2. The van der Waals surface area contributed by atoms with Crippen LogP contribution in [0.5, 0.6) is 28.7 Å². The number of aliphatic imine (C=N–C) groups is 1. The summed E-state index contributed by atoms with van der Waals surface area (Å²) < 4.78 is 35.3. The average Bonchev–Trinajstić information content (AvgIpc) is 3.51. The summed E-state index contributed by atoms with van der Waals surface area (Å²) >= 11 is 3.68. The van der Waals surface area contributed by atoms with Crippen molar-refractivity contribution in [1.82, 2.24) is 5.32 Å². The summed E-state index contributed by atoms with van der Waals surface area (Å²) in [5, 5.41) is 12.2. The molecule has 2 atom stereocenters. The first kappa shape index (κ1) is 34.6. The third-order valence-electron chi connectivity index (χ3n) is 8.02. The van der Waals surface area contributed by atoms with Crippen molar-refractivity contribution in [2.45, 2.75) is 31.0 Å². The topological polar surface area (TPSA) is 117 Å². The lowest BCUT2D eigenvalue weighted by molar-refractivity contribution is -0.129. The normalized spacial score (nSPS) is 16.8. The van der Waals surface area contributed by atoms with E-state index in [4.69, 9.17) is 38.5 Å². The fraction of sp³-hybridized carbons (Fsp3) is 0.297. The van der Waals surface area contributed by atoms with Gasteiger partial charge in [0.2, 0.25) is 11.6 Å². The smallest absolute Gasteiger partial charge is 0.252 e. The molecular weight excluding hydrogens is 680 g/mol. The van der Waals surface area contributed by atoms with Crippen LogP contribution >= 0.6 is 15.9 Å². The molecule has 0 bridgehead atoms. The minimum Gasteiger partial charge on any atom is -0.497 e. The van der Waals surface area contributed by atoms with Gasteiger partial charge in [0.1, 0.15) is 11.5 Å². The maximum Gasteiger partial charge on any atom is 0.252 e. The van der Waals surface area contributed by atoms with Crippen LogP contribution in [-0.2, 0) is 22.5 Å². The zero-order chi connectivity index (χ0) is 34.1. The molecule has 1 amide bonds.